The number of benzene rings is 1. The number of aryl methyl sites for hydroxylation is 3. The zero-order valence-corrected chi connectivity index (χ0v) is 18.5. The van der Waals surface area contributed by atoms with Crippen LogP contribution >= 0.6 is 0 Å². The average Bonchev–Trinajstić information content (AvgIpc) is 3.09. The smallest absolute Gasteiger partial charge is 0.394 e. The molecular weight excluding hydrogens is 482 g/mol. The SMILES string of the molecule is CCn1nnc(-c2cc[c-]nc2)n1.Cc1[c-]c(C)c(C)c(C)c1C.[W+2]. The van der Waals surface area contributed by atoms with Crippen LogP contribution in [0.15, 0.2) is 18.3 Å². The van der Waals surface area contributed by atoms with Gasteiger partial charge in [0.15, 0.2) is 5.82 Å². The average molecular weight is 505 g/mol. The quantitative estimate of drug-likeness (QED) is 0.500. The fourth-order valence-corrected chi connectivity index (χ4v) is 2.26. The van der Waals surface area contributed by atoms with E-state index in [4.69, 9.17) is 0 Å². The van der Waals surface area contributed by atoms with Gasteiger partial charge in [-0.15, -0.1) is 10.2 Å². The first-order valence-corrected chi connectivity index (χ1v) is 8.00. The third-order valence-corrected chi connectivity index (χ3v) is 4.23. The maximum Gasteiger partial charge on any atom is 2.00 e. The number of nitrogens with zero attached hydrogens (tertiary/aromatic N) is 5. The Bertz CT molecular complexity index is 786. The van der Waals surface area contributed by atoms with Crippen molar-refractivity contribution in [2.45, 2.75) is 48.1 Å². The van der Waals surface area contributed by atoms with Crippen molar-refractivity contribution < 1.29 is 21.1 Å². The second-order valence-electron chi connectivity index (χ2n) is 5.73. The number of tetrazole rings is 1. The van der Waals surface area contributed by atoms with Gasteiger partial charge in [0, 0.05) is 0 Å². The molecule has 0 spiro atoms. The van der Waals surface area contributed by atoms with Crippen LogP contribution in [0.2, 0.25) is 0 Å². The minimum atomic E-state index is 0. The van der Waals surface area contributed by atoms with E-state index in [9.17, 15) is 0 Å². The molecule has 2 heterocycles. The van der Waals surface area contributed by atoms with Crippen molar-refractivity contribution in [3.63, 3.8) is 0 Å². The van der Waals surface area contributed by atoms with Crippen molar-refractivity contribution in [1.82, 2.24) is 25.2 Å². The van der Waals surface area contributed by atoms with E-state index in [2.05, 4.69) is 67.3 Å². The molecule has 0 atom stereocenters. The number of rotatable bonds is 2. The molecule has 2 aromatic heterocycles. The molecule has 0 fully saturated rings. The maximum atomic E-state index is 4.14. The van der Waals surface area contributed by atoms with Gasteiger partial charge in [-0.1, -0.05) is 52.6 Å². The molecule has 0 saturated heterocycles. The van der Waals surface area contributed by atoms with Crippen LogP contribution in [0.4, 0.5) is 0 Å². The van der Waals surface area contributed by atoms with Gasteiger partial charge in [0.25, 0.3) is 0 Å². The van der Waals surface area contributed by atoms with Crippen LogP contribution in [0.1, 0.15) is 34.7 Å². The number of aromatic nitrogens is 5. The first-order valence-electron chi connectivity index (χ1n) is 8.00. The van der Waals surface area contributed by atoms with Crippen molar-refractivity contribution in [3.05, 3.63) is 58.4 Å². The van der Waals surface area contributed by atoms with E-state index >= 15 is 0 Å². The van der Waals surface area contributed by atoms with Gasteiger partial charge >= 0.3 is 21.1 Å². The Morgan fingerprint density at radius 1 is 1.00 bits per heavy atom. The molecule has 0 aliphatic carbocycles. The zero-order chi connectivity index (χ0) is 17.7. The number of pyridine rings is 1. The largest absolute Gasteiger partial charge is 2.00 e. The van der Waals surface area contributed by atoms with Crippen molar-refractivity contribution >= 4 is 0 Å². The van der Waals surface area contributed by atoms with Gasteiger partial charge in [0.05, 0.1) is 6.54 Å². The number of hydrogen-bond acceptors (Lipinski definition) is 4. The molecule has 0 radical (unpaired) electrons. The van der Waals surface area contributed by atoms with E-state index in [1.807, 2.05) is 13.0 Å². The molecule has 0 amide bonds. The topological polar surface area (TPSA) is 56.5 Å². The minimum Gasteiger partial charge on any atom is -0.394 e. The third-order valence-electron chi connectivity index (χ3n) is 4.23. The van der Waals surface area contributed by atoms with Gasteiger partial charge in [-0.2, -0.15) is 50.8 Å². The zero-order valence-electron chi connectivity index (χ0n) is 15.6. The summed E-state index contributed by atoms with van der Waals surface area (Å²) in [4.78, 5) is 5.39. The summed E-state index contributed by atoms with van der Waals surface area (Å²) in [7, 11) is 0. The van der Waals surface area contributed by atoms with E-state index in [0.29, 0.717) is 5.82 Å². The predicted octanol–water partition coefficient (Wildman–Crippen LogP) is 3.58. The monoisotopic (exact) mass is 505 g/mol. The Balaban J connectivity index is 0.000000244. The van der Waals surface area contributed by atoms with Crippen LogP contribution in [0.5, 0.6) is 0 Å². The summed E-state index contributed by atoms with van der Waals surface area (Å²) < 4.78 is 0. The van der Waals surface area contributed by atoms with E-state index in [1.54, 1.807) is 12.3 Å². The van der Waals surface area contributed by atoms with Crippen LogP contribution in [0.3, 0.4) is 0 Å². The van der Waals surface area contributed by atoms with Gasteiger partial charge in [-0.3, -0.25) is 0 Å². The van der Waals surface area contributed by atoms with E-state index in [1.165, 1.54) is 32.6 Å². The van der Waals surface area contributed by atoms with E-state index in [-0.39, 0.29) is 21.1 Å². The molecule has 3 aromatic rings. The van der Waals surface area contributed by atoms with E-state index < -0.39 is 0 Å². The molecule has 6 heteroatoms. The molecule has 0 unspecified atom stereocenters. The molecule has 5 nitrogen and oxygen atoms in total. The predicted molar refractivity (Wildman–Crippen MR) is 94.5 cm³/mol. The fraction of sp³-hybridized carbons (Fsp3) is 0.368. The Hall–Kier alpha value is -1.87. The van der Waals surface area contributed by atoms with Crippen LogP contribution in [-0.2, 0) is 27.6 Å². The van der Waals surface area contributed by atoms with Crippen molar-refractivity contribution in [2.75, 3.05) is 0 Å². The summed E-state index contributed by atoms with van der Waals surface area (Å²) >= 11 is 0. The maximum absolute atomic E-state index is 4.14. The van der Waals surface area contributed by atoms with E-state index in [0.717, 1.165) is 12.1 Å². The summed E-state index contributed by atoms with van der Waals surface area (Å²) in [5.41, 5.74) is 7.61. The molecule has 0 aliphatic rings. The first kappa shape index (κ1) is 21.2. The molecule has 0 bridgehead atoms. The molecule has 130 valence electrons. The summed E-state index contributed by atoms with van der Waals surface area (Å²) in [5.74, 6) is 0.600. The van der Waals surface area contributed by atoms with Crippen molar-refractivity contribution in [2.24, 2.45) is 0 Å². The van der Waals surface area contributed by atoms with Gasteiger partial charge in [-0.25, -0.2) is 0 Å². The Morgan fingerprint density at radius 2 is 1.64 bits per heavy atom. The summed E-state index contributed by atoms with van der Waals surface area (Å²) in [6.07, 6.45) is 4.35. The van der Waals surface area contributed by atoms with Crippen LogP contribution < -0.4 is 0 Å². The van der Waals surface area contributed by atoms with Crippen molar-refractivity contribution in [1.29, 1.82) is 0 Å². The second-order valence-corrected chi connectivity index (χ2v) is 5.73. The van der Waals surface area contributed by atoms with Crippen LogP contribution in [0.25, 0.3) is 11.4 Å². The molecule has 0 aliphatic heterocycles. The standard InChI is InChI=1S/C11H15.C8H8N5.W/c1-7-6-8(2)10(4)11(5)9(7)3;1-2-13-11-8(10-12-13)7-4-3-5-9-6-7;/h1-5H3;3-4,6H,2H2,1H3;/q2*-1;+2. The summed E-state index contributed by atoms with van der Waals surface area (Å²) in [6, 6.07) is 6.92. The normalized spacial score (nSPS) is 9.84. The molecule has 0 N–H and O–H groups in total. The van der Waals surface area contributed by atoms with Gasteiger partial charge < -0.3 is 4.98 Å². The molecular formula is C19H23N5W. The Kier molecular flexibility index (Phi) is 8.10. The second kappa shape index (κ2) is 9.57. The first-order chi connectivity index (χ1) is 11.4. The van der Waals surface area contributed by atoms with Crippen molar-refractivity contribution in [3.8, 4) is 11.4 Å². The summed E-state index contributed by atoms with van der Waals surface area (Å²) in [5, 5.41) is 11.9. The Labute approximate surface area is 164 Å². The van der Waals surface area contributed by atoms with Crippen LogP contribution in [-0.4, -0.2) is 25.2 Å². The van der Waals surface area contributed by atoms with Gasteiger partial charge in [-0.05, 0) is 12.1 Å². The van der Waals surface area contributed by atoms with Crippen LogP contribution in [0, 0.1) is 46.9 Å². The van der Waals surface area contributed by atoms with Gasteiger partial charge in [0.2, 0.25) is 0 Å². The molecule has 25 heavy (non-hydrogen) atoms. The Morgan fingerprint density at radius 3 is 2.12 bits per heavy atom. The summed E-state index contributed by atoms with van der Waals surface area (Å²) in [6.45, 7) is 13.4. The third kappa shape index (κ3) is 5.30. The molecule has 0 saturated carbocycles. The number of hydrogen-bond donors (Lipinski definition) is 0. The fourth-order valence-electron chi connectivity index (χ4n) is 2.26. The molecule has 3 rings (SSSR count). The molecule has 1 aromatic carbocycles. The minimum absolute atomic E-state index is 0. The van der Waals surface area contributed by atoms with Gasteiger partial charge in [0.1, 0.15) is 0 Å².